The Hall–Kier alpha value is -1.26. The summed E-state index contributed by atoms with van der Waals surface area (Å²) in [6.07, 6.45) is 4.89. The summed E-state index contributed by atoms with van der Waals surface area (Å²) < 4.78 is 0. The van der Waals surface area contributed by atoms with Crippen LogP contribution < -0.4 is 5.32 Å². The summed E-state index contributed by atoms with van der Waals surface area (Å²) in [5, 5.41) is 3.64. The minimum atomic E-state index is 0.00238. The second-order valence-electron chi connectivity index (χ2n) is 7.35. The predicted octanol–water partition coefficient (Wildman–Crippen LogP) is 4.32. The molecule has 1 aromatic carbocycles. The van der Waals surface area contributed by atoms with E-state index in [1.165, 1.54) is 32.5 Å². The van der Waals surface area contributed by atoms with Gasteiger partial charge in [0.2, 0.25) is 0 Å². The Kier molecular flexibility index (Phi) is 6.01. The largest absolute Gasteiger partial charge is 0.325 e. The van der Waals surface area contributed by atoms with Crippen LogP contribution in [0.1, 0.15) is 32.6 Å². The topological polar surface area (TPSA) is 35.6 Å². The first-order chi connectivity index (χ1) is 11.6. The van der Waals surface area contributed by atoms with Gasteiger partial charge in [-0.25, -0.2) is 4.79 Å². The number of urea groups is 1. The standard InChI is InChI=1S/C19H28ClN3O/c1-15-6-10-22(11-7-15)14-16-8-12-23(13-9-16)19(24)21-18-4-2-17(20)3-5-18/h2-5,15-16H,6-14H2,1H3,(H,21,24). The van der Waals surface area contributed by atoms with Crippen molar-refractivity contribution in [3.63, 3.8) is 0 Å². The van der Waals surface area contributed by atoms with Crippen LogP contribution in [0.15, 0.2) is 24.3 Å². The number of likely N-dealkylation sites (tertiary alicyclic amines) is 2. The van der Waals surface area contributed by atoms with E-state index in [1.54, 1.807) is 12.1 Å². The van der Waals surface area contributed by atoms with Crippen molar-refractivity contribution in [1.29, 1.82) is 0 Å². The Morgan fingerprint density at radius 1 is 1.08 bits per heavy atom. The van der Waals surface area contributed by atoms with Crippen molar-refractivity contribution < 1.29 is 4.79 Å². The smallest absolute Gasteiger partial charge is 0.321 e. The number of amides is 2. The van der Waals surface area contributed by atoms with Crippen molar-refractivity contribution in [2.24, 2.45) is 11.8 Å². The molecule has 0 unspecified atom stereocenters. The van der Waals surface area contributed by atoms with Gasteiger partial charge in [-0.15, -0.1) is 0 Å². The van der Waals surface area contributed by atoms with E-state index in [4.69, 9.17) is 11.6 Å². The summed E-state index contributed by atoms with van der Waals surface area (Å²) in [6, 6.07) is 7.27. The molecule has 0 atom stereocenters. The third kappa shape index (κ3) is 4.87. The van der Waals surface area contributed by atoms with Crippen LogP contribution in [0.5, 0.6) is 0 Å². The number of benzene rings is 1. The molecule has 2 fully saturated rings. The molecule has 0 aromatic heterocycles. The molecule has 2 aliphatic rings. The first-order valence-electron chi connectivity index (χ1n) is 9.14. The van der Waals surface area contributed by atoms with Gasteiger partial charge in [-0.1, -0.05) is 18.5 Å². The molecule has 2 saturated heterocycles. The molecular formula is C19H28ClN3O. The van der Waals surface area contributed by atoms with Gasteiger partial charge in [-0.3, -0.25) is 0 Å². The van der Waals surface area contributed by atoms with Crippen LogP contribution in [0.3, 0.4) is 0 Å². The van der Waals surface area contributed by atoms with Crippen molar-refractivity contribution in [1.82, 2.24) is 9.80 Å². The highest BCUT2D eigenvalue weighted by Gasteiger charge is 2.25. The van der Waals surface area contributed by atoms with Gasteiger partial charge in [0.15, 0.2) is 0 Å². The number of carbonyl (C=O) groups excluding carboxylic acids is 1. The maximum absolute atomic E-state index is 12.4. The van der Waals surface area contributed by atoms with E-state index in [9.17, 15) is 4.79 Å². The van der Waals surface area contributed by atoms with E-state index in [0.29, 0.717) is 5.02 Å². The fraction of sp³-hybridized carbons (Fsp3) is 0.632. The second kappa shape index (κ2) is 8.21. The lowest BCUT2D eigenvalue weighted by atomic mass is 9.93. The van der Waals surface area contributed by atoms with Crippen LogP contribution >= 0.6 is 11.6 Å². The summed E-state index contributed by atoms with van der Waals surface area (Å²) in [7, 11) is 0. The Morgan fingerprint density at radius 3 is 2.33 bits per heavy atom. The van der Waals surface area contributed by atoms with E-state index in [-0.39, 0.29) is 6.03 Å². The molecular weight excluding hydrogens is 322 g/mol. The number of hydrogen-bond acceptors (Lipinski definition) is 2. The van der Waals surface area contributed by atoms with E-state index in [2.05, 4.69) is 17.1 Å². The average molecular weight is 350 g/mol. The third-order valence-electron chi connectivity index (χ3n) is 5.39. The van der Waals surface area contributed by atoms with Crippen LogP contribution in [0.4, 0.5) is 10.5 Å². The Morgan fingerprint density at radius 2 is 1.71 bits per heavy atom. The molecule has 2 amide bonds. The van der Waals surface area contributed by atoms with Crippen LogP contribution in [0.25, 0.3) is 0 Å². The first-order valence-corrected chi connectivity index (χ1v) is 9.52. The maximum Gasteiger partial charge on any atom is 0.321 e. The molecule has 0 spiro atoms. The van der Waals surface area contributed by atoms with Gasteiger partial charge in [-0.05, 0) is 74.9 Å². The van der Waals surface area contributed by atoms with Gasteiger partial charge in [0, 0.05) is 30.3 Å². The summed E-state index contributed by atoms with van der Waals surface area (Å²) >= 11 is 5.87. The normalized spacial score (nSPS) is 21.0. The minimum absolute atomic E-state index is 0.00238. The Labute approximate surface area is 150 Å². The average Bonchev–Trinajstić information content (AvgIpc) is 2.59. The van der Waals surface area contributed by atoms with Gasteiger partial charge < -0.3 is 15.1 Å². The third-order valence-corrected chi connectivity index (χ3v) is 5.64. The SMILES string of the molecule is CC1CCN(CC2CCN(C(=O)Nc3ccc(Cl)cc3)CC2)CC1. The van der Waals surface area contributed by atoms with E-state index < -0.39 is 0 Å². The van der Waals surface area contributed by atoms with Gasteiger partial charge in [0.05, 0.1) is 0 Å². The lowest BCUT2D eigenvalue weighted by Crippen LogP contribution is -2.44. The molecule has 2 aliphatic heterocycles. The molecule has 1 aromatic rings. The highest BCUT2D eigenvalue weighted by Crippen LogP contribution is 2.23. The van der Waals surface area contributed by atoms with Crippen LogP contribution in [-0.4, -0.2) is 48.6 Å². The van der Waals surface area contributed by atoms with Crippen molar-refractivity contribution in [2.75, 3.05) is 38.0 Å². The summed E-state index contributed by atoms with van der Waals surface area (Å²) in [4.78, 5) is 16.9. The number of nitrogens with zero attached hydrogens (tertiary/aromatic N) is 2. The first kappa shape index (κ1) is 17.6. The number of rotatable bonds is 3. The molecule has 0 radical (unpaired) electrons. The van der Waals surface area contributed by atoms with E-state index in [1.807, 2.05) is 17.0 Å². The van der Waals surface area contributed by atoms with Crippen LogP contribution in [-0.2, 0) is 0 Å². The summed E-state index contributed by atoms with van der Waals surface area (Å²) in [6.45, 7) is 7.77. The molecule has 4 nitrogen and oxygen atoms in total. The maximum atomic E-state index is 12.4. The van der Waals surface area contributed by atoms with E-state index in [0.717, 1.165) is 43.5 Å². The molecule has 2 heterocycles. The highest BCUT2D eigenvalue weighted by molar-refractivity contribution is 6.30. The van der Waals surface area contributed by atoms with E-state index >= 15 is 0 Å². The zero-order chi connectivity index (χ0) is 16.9. The number of halogens is 1. The molecule has 0 saturated carbocycles. The summed E-state index contributed by atoms with van der Waals surface area (Å²) in [5.74, 6) is 1.62. The van der Waals surface area contributed by atoms with Crippen molar-refractivity contribution >= 4 is 23.3 Å². The van der Waals surface area contributed by atoms with Gasteiger partial charge >= 0.3 is 6.03 Å². The lowest BCUT2D eigenvalue weighted by Gasteiger charge is -2.37. The lowest BCUT2D eigenvalue weighted by molar-refractivity contribution is 0.130. The second-order valence-corrected chi connectivity index (χ2v) is 7.79. The van der Waals surface area contributed by atoms with Crippen LogP contribution in [0, 0.1) is 11.8 Å². The van der Waals surface area contributed by atoms with Crippen LogP contribution in [0.2, 0.25) is 5.02 Å². The molecule has 5 heteroatoms. The molecule has 132 valence electrons. The van der Waals surface area contributed by atoms with Gasteiger partial charge in [-0.2, -0.15) is 0 Å². The number of anilines is 1. The fourth-order valence-corrected chi connectivity index (χ4v) is 3.79. The Bertz CT molecular complexity index is 532. The molecule has 1 N–H and O–H groups in total. The zero-order valence-corrected chi connectivity index (χ0v) is 15.3. The molecule has 3 rings (SSSR count). The molecule has 0 aliphatic carbocycles. The van der Waals surface area contributed by atoms with Crippen molar-refractivity contribution in [3.05, 3.63) is 29.3 Å². The fourth-order valence-electron chi connectivity index (χ4n) is 3.66. The van der Waals surface area contributed by atoms with Gasteiger partial charge in [0.1, 0.15) is 0 Å². The van der Waals surface area contributed by atoms with Gasteiger partial charge in [0.25, 0.3) is 0 Å². The van der Waals surface area contributed by atoms with Crippen molar-refractivity contribution in [3.8, 4) is 0 Å². The highest BCUT2D eigenvalue weighted by atomic mass is 35.5. The Balaban J connectivity index is 1.41. The predicted molar refractivity (Wildman–Crippen MR) is 99.6 cm³/mol. The zero-order valence-electron chi connectivity index (χ0n) is 14.5. The number of hydrogen-bond donors (Lipinski definition) is 1. The summed E-state index contributed by atoms with van der Waals surface area (Å²) in [5.41, 5.74) is 0.800. The molecule has 24 heavy (non-hydrogen) atoms. The minimum Gasteiger partial charge on any atom is -0.325 e. The van der Waals surface area contributed by atoms with Crippen molar-refractivity contribution in [2.45, 2.75) is 32.6 Å². The number of carbonyl (C=O) groups is 1. The molecule has 0 bridgehead atoms. The number of piperidine rings is 2. The quantitative estimate of drug-likeness (QED) is 0.882. The number of nitrogens with one attached hydrogen (secondary N) is 1. The monoisotopic (exact) mass is 349 g/mol.